The molecule has 0 radical (unpaired) electrons. The minimum Gasteiger partial charge on any atom is -0.346 e. The van der Waals surface area contributed by atoms with Crippen LogP contribution in [0.4, 0.5) is 0 Å². The van der Waals surface area contributed by atoms with E-state index < -0.39 is 0 Å². The zero-order valence-corrected chi connectivity index (χ0v) is 15.8. The van der Waals surface area contributed by atoms with E-state index in [2.05, 4.69) is 33.6 Å². The maximum Gasteiger partial charge on any atom is 0.209 e. The lowest BCUT2D eigenvalue weighted by Crippen LogP contribution is -2.08. The molecule has 3 rings (SSSR count). The number of rotatable bonds is 6. The van der Waals surface area contributed by atoms with Gasteiger partial charge in [0.25, 0.3) is 0 Å². The minimum atomic E-state index is 0.113. The Bertz CT molecular complexity index is 846. The zero-order chi connectivity index (χ0) is 17.3. The van der Waals surface area contributed by atoms with Gasteiger partial charge in [-0.05, 0) is 45.2 Å². The predicted molar refractivity (Wildman–Crippen MR) is 99.0 cm³/mol. The normalized spacial score (nSPS) is 11.4. The van der Waals surface area contributed by atoms with Crippen LogP contribution < -0.4 is 0 Å². The highest BCUT2D eigenvalue weighted by Crippen LogP contribution is 2.25. The van der Waals surface area contributed by atoms with E-state index in [1.807, 2.05) is 37.4 Å². The van der Waals surface area contributed by atoms with Crippen LogP contribution in [0.2, 0.25) is 0 Å². The standard InChI is InChI=1S/C17H20N4OS2/c1-10(2)21-11(3)8-13(12(21)4)14(22)9-24-17-18-16(19-20-17)15-6-5-7-23-15/h5-8,10H,9H2,1-4H3,(H,18,19,20). The van der Waals surface area contributed by atoms with Gasteiger partial charge in [0.15, 0.2) is 11.6 Å². The van der Waals surface area contributed by atoms with E-state index in [0.717, 1.165) is 27.7 Å². The lowest BCUT2D eigenvalue weighted by Gasteiger charge is -2.13. The summed E-state index contributed by atoms with van der Waals surface area (Å²) in [5.41, 5.74) is 2.94. The summed E-state index contributed by atoms with van der Waals surface area (Å²) < 4.78 is 2.19. The number of nitrogens with one attached hydrogen (secondary N) is 1. The Labute approximate surface area is 149 Å². The second-order valence-electron chi connectivity index (χ2n) is 5.90. The molecule has 3 heterocycles. The second-order valence-corrected chi connectivity index (χ2v) is 7.79. The van der Waals surface area contributed by atoms with Crippen molar-refractivity contribution in [1.82, 2.24) is 19.7 Å². The molecule has 0 aliphatic rings. The van der Waals surface area contributed by atoms with Gasteiger partial charge in [-0.3, -0.25) is 9.89 Å². The van der Waals surface area contributed by atoms with E-state index in [0.29, 0.717) is 17.0 Å². The van der Waals surface area contributed by atoms with Gasteiger partial charge in [0.05, 0.1) is 10.6 Å². The highest BCUT2D eigenvalue weighted by molar-refractivity contribution is 7.99. The number of thiophene rings is 1. The molecule has 0 saturated heterocycles. The fourth-order valence-electron chi connectivity index (χ4n) is 2.90. The van der Waals surface area contributed by atoms with Crippen LogP contribution in [0.3, 0.4) is 0 Å². The molecule has 126 valence electrons. The molecule has 0 amide bonds. The molecular weight excluding hydrogens is 340 g/mol. The van der Waals surface area contributed by atoms with Crippen molar-refractivity contribution < 1.29 is 4.79 Å². The predicted octanol–water partition coefficient (Wildman–Crippen LogP) is 4.51. The zero-order valence-electron chi connectivity index (χ0n) is 14.2. The van der Waals surface area contributed by atoms with E-state index in [4.69, 9.17) is 0 Å². The Morgan fingerprint density at radius 3 is 2.83 bits per heavy atom. The summed E-state index contributed by atoms with van der Waals surface area (Å²) >= 11 is 2.97. The Morgan fingerprint density at radius 2 is 2.21 bits per heavy atom. The van der Waals surface area contributed by atoms with Crippen molar-refractivity contribution in [2.75, 3.05) is 5.75 Å². The molecule has 0 aliphatic carbocycles. The molecule has 24 heavy (non-hydrogen) atoms. The first-order valence-electron chi connectivity index (χ1n) is 7.78. The number of carbonyl (C=O) groups is 1. The van der Waals surface area contributed by atoms with E-state index in [1.165, 1.54) is 11.8 Å². The van der Waals surface area contributed by atoms with Gasteiger partial charge in [0.2, 0.25) is 5.16 Å². The number of carbonyl (C=O) groups excluding carboxylic acids is 1. The maximum absolute atomic E-state index is 12.6. The van der Waals surface area contributed by atoms with Gasteiger partial charge in [-0.25, -0.2) is 4.98 Å². The molecule has 0 aromatic carbocycles. The van der Waals surface area contributed by atoms with Crippen molar-refractivity contribution in [3.63, 3.8) is 0 Å². The molecule has 0 bridgehead atoms. The minimum absolute atomic E-state index is 0.113. The van der Waals surface area contributed by atoms with Crippen molar-refractivity contribution >= 4 is 28.9 Å². The fraction of sp³-hybridized carbons (Fsp3) is 0.353. The van der Waals surface area contributed by atoms with Gasteiger partial charge in [-0.15, -0.1) is 16.4 Å². The molecule has 5 nitrogen and oxygen atoms in total. The van der Waals surface area contributed by atoms with Crippen molar-refractivity contribution in [1.29, 1.82) is 0 Å². The number of H-pyrrole nitrogens is 1. The van der Waals surface area contributed by atoms with Gasteiger partial charge >= 0.3 is 0 Å². The van der Waals surface area contributed by atoms with Gasteiger partial charge in [0.1, 0.15) is 0 Å². The average molecular weight is 361 g/mol. The molecule has 7 heteroatoms. The Balaban J connectivity index is 1.69. The van der Waals surface area contributed by atoms with Gasteiger partial charge in [-0.1, -0.05) is 17.8 Å². The van der Waals surface area contributed by atoms with Gasteiger partial charge in [0, 0.05) is 23.0 Å². The van der Waals surface area contributed by atoms with Gasteiger partial charge in [-0.2, -0.15) is 0 Å². The SMILES string of the molecule is Cc1cc(C(=O)CSc2n[nH]c(-c3cccs3)n2)c(C)n1C(C)C. The Morgan fingerprint density at radius 1 is 1.42 bits per heavy atom. The quantitative estimate of drug-likeness (QED) is 0.519. The first-order chi connectivity index (χ1) is 11.5. The summed E-state index contributed by atoms with van der Waals surface area (Å²) in [4.78, 5) is 18.0. The first kappa shape index (κ1) is 17.0. The number of aromatic amines is 1. The van der Waals surface area contributed by atoms with Crippen LogP contribution >= 0.6 is 23.1 Å². The number of aryl methyl sites for hydroxylation is 1. The molecule has 0 spiro atoms. The van der Waals surface area contributed by atoms with Crippen LogP contribution in [0.5, 0.6) is 0 Å². The lowest BCUT2D eigenvalue weighted by atomic mass is 10.2. The van der Waals surface area contributed by atoms with Crippen LogP contribution in [-0.2, 0) is 0 Å². The van der Waals surface area contributed by atoms with E-state index >= 15 is 0 Å². The first-order valence-corrected chi connectivity index (χ1v) is 9.64. The van der Waals surface area contributed by atoms with E-state index in [9.17, 15) is 4.79 Å². The molecule has 0 aliphatic heterocycles. The molecular formula is C17H20N4OS2. The maximum atomic E-state index is 12.6. The van der Waals surface area contributed by atoms with Crippen molar-refractivity contribution in [2.45, 2.75) is 38.9 Å². The number of hydrogen-bond donors (Lipinski definition) is 1. The molecule has 0 atom stereocenters. The molecule has 1 N–H and O–H groups in total. The Hall–Kier alpha value is -1.86. The fourth-order valence-corrected chi connectivity index (χ4v) is 4.24. The van der Waals surface area contributed by atoms with Crippen LogP contribution in [0.1, 0.15) is 41.6 Å². The van der Waals surface area contributed by atoms with Crippen LogP contribution in [0, 0.1) is 13.8 Å². The third-order valence-electron chi connectivity index (χ3n) is 3.85. The summed E-state index contributed by atoms with van der Waals surface area (Å²) in [5, 5.41) is 9.71. The third kappa shape index (κ3) is 3.32. The number of hydrogen-bond acceptors (Lipinski definition) is 5. The summed E-state index contributed by atoms with van der Waals surface area (Å²) in [6.45, 7) is 8.30. The largest absolute Gasteiger partial charge is 0.346 e. The van der Waals surface area contributed by atoms with E-state index in [1.54, 1.807) is 11.3 Å². The second kappa shape index (κ2) is 6.94. The molecule has 0 unspecified atom stereocenters. The lowest BCUT2D eigenvalue weighted by molar-refractivity contribution is 0.102. The summed E-state index contributed by atoms with van der Waals surface area (Å²) in [6, 6.07) is 6.29. The summed E-state index contributed by atoms with van der Waals surface area (Å²) in [5.74, 6) is 1.20. The van der Waals surface area contributed by atoms with Crippen molar-refractivity contribution in [3.05, 3.63) is 40.5 Å². The number of ketones is 1. The number of thioether (sulfide) groups is 1. The summed E-state index contributed by atoms with van der Waals surface area (Å²) in [7, 11) is 0. The smallest absolute Gasteiger partial charge is 0.209 e. The molecule has 0 fully saturated rings. The highest BCUT2D eigenvalue weighted by atomic mass is 32.2. The van der Waals surface area contributed by atoms with Crippen LogP contribution in [0.15, 0.2) is 28.7 Å². The molecule has 3 aromatic heterocycles. The molecule has 3 aromatic rings. The topological polar surface area (TPSA) is 63.6 Å². The van der Waals surface area contributed by atoms with Gasteiger partial charge < -0.3 is 4.57 Å². The number of aromatic nitrogens is 4. The number of Topliss-reactive ketones (excluding diaryl/α,β-unsaturated/α-hetero) is 1. The molecule has 0 saturated carbocycles. The van der Waals surface area contributed by atoms with Crippen LogP contribution in [-0.4, -0.2) is 31.3 Å². The average Bonchev–Trinajstić information content (AvgIpc) is 3.24. The Kier molecular flexibility index (Phi) is 4.91. The monoisotopic (exact) mass is 360 g/mol. The summed E-state index contributed by atoms with van der Waals surface area (Å²) in [6.07, 6.45) is 0. The van der Waals surface area contributed by atoms with Crippen molar-refractivity contribution in [3.8, 4) is 10.7 Å². The van der Waals surface area contributed by atoms with Crippen LogP contribution in [0.25, 0.3) is 10.7 Å². The number of nitrogens with zero attached hydrogens (tertiary/aromatic N) is 3. The van der Waals surface area contributed by atoms with Crippen molar-refractivity contribution in [2.24, 2.45) is 0 Å². The third-order valence-corrected chi connectivity index (χ3v) is 5.58. The highest BCUT2D eigenvalue weighted by Gasteiger charge is 2.18. The van der Waals surface area contributed by atoms with E-state index in [-0.39, 0.29) is 5.78 Å².